The molecule has 23 heavy (non-hydrogen) atoms. The SMILES string of the molecule is CCC(=O)N1CCN(Cc2cnn(CC)c2)C2CS(=O)(=O)CC21. The van der Waals surface area contributed by atoms with E-state index in [2.05, 4.69) is 10.00 Å². The molecule has 2 saturated heterocycles. The third-order valence-corrected chi connectivity index (χ3v) is 6.51. The number of aryl methyl sites for hydroxylation is 1. The van der Waals surface area contributed by atoms with Crippen LogP contribution < -0.4 is 0 Å². The van der Waals surface area contributed by atoms with Gasteiger partial charge in [0.25, 0.3) is 0 Å². The fourth-order valence-corrected chi connectivity index (χ4v) is 5.64. The zero-order chi connectivity index (χ0) is 16.6. The van der Waals surface area contributed by atoms with Crippen molar-refractivity contribution in [3.8, 4) is 0 Å². The van der Waals surface area contributed by atoms with Crippen molar-refractivity contribution in [2.24, 2.45) is 0 Å². The summed E-state index contributed by atoms with van der Waals surface area (Å²) >= 11 is 0. The third-order valence-electron chi connectivity index (χ3n) is 4.81. The monoisotopic (exact) mass is 340 g/mol. The van der Waals surface area contributed by atoms with Crippen molar-refractivity contribution in [1.29, 1.82) is 0 Å². The average molecular weight is 340 g/mol. The molecule has 3 rings (SSSR count). The molecule has 128 valence electrons. The lowest BCUT2D eigenvalue weighted by Crippen LogP contribution is -2.60. The van der Waals surface area contributed by atoms with Gasteiger partial charge in [-0.05, 0) is 6.92 Å². The summed E-state index contributed by atoms with van der Waals surface area (Å²) in [7, 11) is -3.08. The number of fused-ring (bicyclic) bond motifs is 1. The minimum absolute atomic E-state index is 0.0514. The van der Waals surface area contributed by atoms with Gasteiger partial charge in [-0.2, -0.15) is 5.10 Å². The maximum atomic E-state index is 12.1. The van der Waals surface area contributed by atoms with Gasteiger partial charge < -0.3 is 4.90 Å². The van der Waals surface area contributed by atoms with Gasteiger partial charge in [0.05, 0.1) is 23.7 Å². The van der Waals surface area contributed by atoms with E-state index in [-0.39, 0.29) is 29.5 Å². The van der Waals surface area contributed by atoms with Crippen molar-refractivity contribution in [3.63, 3.8) is 0 Å². The number of hydrogen-bond acceptors (Lipinski definition) is 5. The summed E-state index contributed by atoms with van der Waals surface area (Å²) in [5.41, 5.74) is 1.09. The van der Waals surface area contributed by atoms with E-state index in [1.165, 1.54) is 0 Å². The van der Waals surface area contributed by atoms with Gasteiger partial charge in [0.2, 0.25) is 5.91 Å². The zero-order valence-electron chi connectivity index (χ0n) is 13.7. The first-order chi connectivity index (χ1) is 10.9. The fraction of sp³-hybridized carbons (Fsp3) is 0.733. The smallest absolute Gasteiger partial charge is 0.222 e. The fourth-order valence-electron chi connectivity index (χ4n) is 3.63. The Bertz CT molecular complexity index is 685. The Hall–Kier alpha value is -1.41. The van der Waals surface area contributed by atoms with E-state index in [1.807, 2.05) is 30.9 Å². The molecule has 2 aliphatic heterocycles. The Morgan fingerprint density at radius 3 is 2.65 bits per heavy atom. The van der Waals surface area contributed by atoms with Crippen LogP contribution in [0.1, 0.15) is 25.8 Å². The minimum atomic E-state index is -3.08. The number of aromatic nitrogens is 2. The van der Waals surface area contributed by atoms with Crippen molar-refractivity contribution in [2.75, 3.05) is 24.6 Å². The van der Waals surface area contributed by atoms with Crippen molar-refractivity contribution < 1.29 is 13.2 Å². The third kappa shape index (κ3) is 3.28. The predicted octanol–water partition coefficient (Wildman–Crippen LogP) is 0.123. The van der Waals surface area contributed by atoms with Gasteiger partial charge >= 0.3 is 0 Å². The number of rotatable bonds is 4. The highest BCUT2D eigenvalue weighted by Gasteiger charge is 2.47. The number of carbonyl (C=O) groups excluding carboxylic acids is 1. The molecule has 0 bridgehead atoms. The molecular weight excluding hydrogens is 316 g/mol. The molecule has 2 unspecified atom stereocenters. The molecule has 0 aliphatic carbocycles. The lowest BCUT2D eigenvalue weighted by molar-refractivity contribution is -0.136. The number of amides is 1. The summed E-state index contributed by atoms with van der Waals surface area (Å²) in [5, 5.41) is 4.28. The molecule has 1 aromatic rings. The highest BCUT2D eigenvalue weighted by Crippen LogP contribution is 2.28. The van der Waals surface area contributed by atoms with Gasteiger partial charge in [0.15, 0.2) is 9.84 Å². The van der Waals surface area contributed by atoms with Crippen molar-refractivity contribution >= 4 is 15.7 Å². The molecule has 3 heterocycles. The molecule has 2 atom stereocenters. The van der Waals surface area contributed by atoms with Crippen LogP contribution in [-0.2, 0) is 27.7 Å². The standard InChI is InChI=1S/C15H24N4O3S/c1-3-15(20)19-6-5-17(8-12-7-16-18(4-2)9-12)13-10-23(21,22)11-14(13)19/h7,9,13-14H,3-6,8,10-11H2,1-2H3. The molecule has 7 nitrogen and oxygen atoms in total. The van der Waals surface area contributed by atoms with E-state index in [1.54, 1.807) is 4.90 Å². The molecule has 1 amide bonds. The summed E-state index contributed by atoms with van der Waals surface area (Å²) in [6.07, 6.45) is 4.26. The Morgan fingerprint density at radius 1 is 1.26 bits per heavy atom. The molecule has 8 heteroatoms. The van der Waals surface area contributed by atoms with E-state index in [4.69, 9.17) is 0 Å². The van der Waals surface area contributed by atoms with Gasteiger partial charge in [-0.1, -0.05) is 6.92 Å². The highest BCUT2D eigenvalue weighted by atomic mass is 32.2. The first-order valence-corrected chi connectivity index (χ1v) is 10.0. The molecule has 0 N–H and O–H groups in total. The second kappa shape index (κ2) is 6.24. The number of sulfone groups is 1. The number of piperazine rings is 1. The zero-order valence-corrected chi connectivity index (χ0v) is 14.5. The summed E-state index contributed by atoms with van der Waals surface area (Å²) in [5.74, 6) is 0.289. The van der Waals surface area contributed by atoms with E-state index < -0.39 is 9.84 Å². The molecule has 0 saturated carbocycles. The van der Waals surface area contributed by atoms with Crippen LogP contribution in [0.5, 0.6) is 0 Å². The normalized spacial score (nSPS) is 27.1. The Labute approximate surface area is 137 Å². The average Bonchev–Trinajstić information content (AvgIpc) is 3.09. The molecule has 2 aliphatic rings. The largest absolute Gasteiger partial charge is 0.336 e. The number of nitrogens with zero attached hydrogens (tertiary/aromatic N) is 4. The molecular formula is C15H24N4O3S. The van der Waals surface area contributed by atoms with Gasteiger partial charge in [-0.25, -0.2) is 8.42 Å². The Morgan fingerprint density at radius 2 is 2.00 bits per heavy atom. The van der Waals surface area contributed by atoms with Crippen molar-refractivity contribution in [1.82, 2.24) is 19.6 Å². The summed E-state index contributed by atoms with van der Waals surface area (Å²) < 4.78 is 26.1. The lowest BCUT2D eigenvalue weighted by Gasteiger charge is -2.43. The molecule has 0 spiro atoms. The maximum absolute atomic E-state index is 12.1. The van der Waals surface area contributed by atoms with E-state index in [0.29, 0.717) is 26.1 Å². The molecule has 0 radical (unpaired) electrons. The van der Waals surface area contributed by atoms with E-state index in [9.17, 15) is 13.2 Å². The highest BCUT2D eigenvalue weighted by molar-refractivity contribution is 7.91. The molecule has 1 aromatic heterocycles. The van der Waals surface area contributed by atoms with E-state index >= 15 is 0 Å². The van der Waals surface area contributed by atoms with Gasteiger partial charge in [0.1, 0.15) is 0 Å². The van der Waals surface area contributed by atoms with Gasteiger partial charge in [-0.3, -0.25) is 14.4 Å². The van der Waals surface area contributed by atoms with Crippen LogP contribution in [-0.4, -0.2) is 70.6 Å². The van der Waals surface area contributed by atoms with Crippen LogP contribution in [0.3, 0.4) is 0 Å². The maximum Gasteiger partial charge on any atom is 0.222 e. The lowest BCUT2D eigenvalue weighted by atomic mass is 10.0. The molecule has 2 fully saturated rings. The van der Waals surface area contributed by atoms with Crippen LogP contribution in [0.4, 0.5) is 0 Å². The van der Waals surface area contributed by atoms with Gasteiger partial charge in [0, 0.05) is 50.4 Å². The van der Waals surface area contributed by atoms with Crippen LogP contribution in [0.25, 0.3) is 0 Å². The Balaban J connectivity index is 1.79. The summed E-state index contributed by atoms with van der Waals surface area (Å²) in [6.45, 7) is 6.67. The summed E-state index contributed by atoms with van der Waals surface area (Å²) in [4.78, 5) is 16.1. The molecule has 0 aromatic carbocycles. The van der Waals surface area contributed by atoms with Crippen molar-refractivity contribution in [3.05, 3.63) is 18.0 Å². The van der Waals surface area contributed by atoms with Crippen LogP contribution >= 0.6 is 0 Å². The first-order valence-electron chi connectivity index (χ1n) is 8.18. The topological polar surface area (TPSA) is 75.5 Å². The quantitative estimate of drug-likeness (QED) is 0.778. The van der Waals surface area contributed by atoms with Gasteiger partial charge in [-0.15, -0.1) is 0 Å². The minimum Gasteiger partial charge on any atom is -0.336 e. The summed E-state index contributed by atoms with van der Waals surface area (Å²) in [6, 6.07) is -0.309. The number of hydrogen-bond donors (Lipinski definition) is 0. The second-order valence-electron chi connectivity index (χ2n) is 6.33. The predicted molar refractivity (Wildman–Crippen MR) is 86.5 cm³/mol. The van der Waals surface area contributed by atoms with Crippen LogP contribution in [0.15, 0.2) is 12.4 Å². The van der Waals surface area contributed by atoms with Crippen LogP contribution in [0, 0.1) is 0 Å². The first kappa shape index (κ1) is 16.4. The second-order valence-corrected chi connectivity index (χ2v) is 8.48. The number of carbonyl (C=O) groups is 1. The van der Waals surface area contributed by atoms with E-state index in [0.717, 1.165) is 12.1 Å². The van der Waals surface area contributed by atoms with Crippen LogP contribution in [0.2, 0.25) is 0 Å². The Kier molecular flexibility index (Phi) is 4.46. The van der Waals surface area contributed by atoms with Crippen molar-refractivity contribution in [2.45, 2.75) is 45.4 Å².